The fourth-order valence-electron chi connectivity index (χ4n) is 3.24. The van der Waals surface area contributed by atoms with Crippen molar-refractivity contribution in [2.45, 2.75) is 12.9 Å². The van der Waals surface area contributed by atoms with Crippen molar-refractivity contribution >= 4 is 23.4 Å². The van der Waals surface area contributed by atoms with Crippen LogP contribution in [-0.4, -0.2) is 60.7 Å². The number of ether oxygens (including phenoxy) is 1. The van der Waals surface area contributed by atoms with Crippen LogP contribution in [0.4, 0.5) is 13.2 Å². The third-order valence-electron chi connectivity index (χ3n) is 4.83. The lowest BCUT2D eigenvalue weighted by molar-refractivity contribution is -0.274. The molecule has 0 aliphatic carbocycles. The molecule has 0 spiro atoms. The van der Waals surface area contributed by atoms with Crippen LogP contribution in [0.3, 0.4) is 0 Å². The van der Waals surface area contributed by atoms with Crippen molar-refractivity contribution in [3.05, 3.63) is 64.7 Å². The van der Waals surface area contributed by atoms with Crippen molar-refractivity contribution < 1.29 is 27.5 Å². The van der Waals surface area contributed by atoms with Crippen molar-refractivity contribution in [3.8, 4) is 5.75 Å². The molecule has 2 N–H and O–H groups in total. The van der Waals surface area contributed by atoms with Gasteiger partial charge in [0.2, 0.25) is 0 Å². The molecule has 0 unspecified atom stereocenters. The van der Waals surface area contributed by atoms with Crippen molar-refractivity contribution in [1.29, 1.82) is 0 Å². The first-order valence-electron chi connectivity index (χ1n) is 9.83. The maximum Gasteiger partial charge on any atom is 0.573 e. The van der Waals surface area contributed by atoms with Gasteiger partial charge >= 0.3 is 6.36 Å². The molecule has 0 atom stereocenters. The Morgan fingerprint density at radius 1 is 0.938 bits per heavy atom. The number of piperazine rings is 1. The number of carbonyl (C=O) groups is 2. The van der Waals surface area contributed by atoms with Crippen LogP contribution in [0.1, 0.15) is 15.9 Å². The smallest absolute Gasteiger partial charge is 0.406 e. The summed E-state index contributed by atoms with van der Waals surface area (Å²) < 4.78 is 40.6. The van der Waals surface area contributed by atoms with Crippen molar-refractivity contribution in [2.24, 2.45) is 0 Å². The summed E-state index contributed by atoms with van der Waals surface area (Å²) in [5.41, 5.74) is 5.87. The normalized spacial score (nSPS) is 15.2. The first kappa shape index (κ1) is 23.8. The van der Waals surface area contributed by atoms with E-state index in [1.807, 2.05) is 4.90 Å². The van der Waals surface area contributed by atoms with E-state index in [1.165, 1.54) is 12.1 Å². The number of benzene rings is 2. The minimum atomic E-state index is -4.71. The number of nitrogens with one attached hydrogen (secondary N) is 2. The zero-order valence-corrected chi connectivity index (χ0v) is 17.7. The standard InChI is InChI=1S/C21H22ClF3N4O3/c22-18-4-2-1-3-17(18)20(31)27-26-19(30)14-29-11-9-28(10-12-29)13-15-5-7-16(8-6-15)32-21(23,24)25/h1-8H,9-14H2,(H,26,30)(H,27,31). The summed E-state index contributed by atoms with van der Waals surface area (Å²) in [4.78, 5) is 28.3. The Hall–Kier alpha value is -2.82. The molecule has 172 valence electrons. The van der Waals surface area contributed by atoms with Gasteiger partial charge in [0.05, 0.1) is 17.1 Å². The van der Waals surface area contributed by atoms with Gasteiger partial charge in [-0.05, 0) is 29.8 Å². The Balaban J connectivity index is 1.38. The van der Waals surface area contributed by atoms with Crippen LogP contribution >= 0.6 is 11.6 Å². The molecule has 2 aromatic carbocycles. The summed E-state index contributed by atoms with van der Waals surface area (Å²) in [5.74, 6) is -1.10. The molecule has 2 aromatic rings. The van der Waals surface area contributed by atoms with E-state index in [0.29, 0.717) is 32.7 Å². The van der Waals surface area contributed by atoms with E-state index in [1.54, 1.807) is 36.4 Å². The summed E-state index contributed by atoms with van der Waals surface area (Å²) >= 11 is 5.96. The van der Waals surface area contributed by atoms with Gasteiger partial charge in [-0.1, -0.05) is 35.9 Å². The summed E-state index contributed by atoms with van der Waals surface area (Å²) in [6.07, 6.45) is -4.71. The third kappa shape index (κ3) is 7.40. The molecule has 0 bridgehead atoms. The van der Waals surface area contributed by atoms with Crippen LogP contribution < -0.4 is 15.6 Å². The average molecular weight is 471 g/mol. The molecular weight excluding hydrogens is 449 g/mol. The lowest BCUT2D eigenvalue weighted by Gasteiger charge is -2.34. The Kier molecular flexibility index (Phi) is 7.94. The zero-order valence-electron chi connectivity index (χ0n) is 17.0. The summed E-state index contributed by atoms with van der Waals surface area (Å²) in [6, 6.07) is 12.3. The van der Waals surface area contributed by atoms with E-state index < -0.39 is 12.3 Å². The van der Waals surface area contributed by atoms with Crippen LogP contribution in [0, 0.1) is 0 Å². The maximum atomic E-state index is 12.2. The lowest BCUT2D eigenvalue weighted by Crippen LogP contribution is -2.51. The SMILES string of the molecule is O=C(CN1CCN(Cc2ccc(OC(F)(F)F)cc2)CC1)NNC(=O)c1ccccc1Cl. The highest BCUT2D eigenvalue weighted by molar-refractivity contribution is 6.33. The lowest BCUT2D eigenvalue weighted by atomic mass is 10.2. The van der Waals surface area contributed by atoms with Gasteiger partial charge in [0, 0.05) is 32.7 Å². The molecule has 1 fully saturated rings. The summed E-state index contributed by atoms with van der Waals surface area (Å²) in [7, 11) is 0. The molecule has 11 heteroatoms. The number of rotatable bonds is 6. The minimum Gasteiger partial charge on any atom is -0.406 e. The topological polar surface area (TPSA) is 73.9 Å². The Bertz CT molecular complexity index is 933. The number of hydrogen-bond acceptors (Lipinski definition) is 5. The van der Waals surface area contributed by atoms with Crippen molar-refractivity contribution in [3.63, 3.8) is 0 Å². The van der Waals surface area contributed by atoms with Crippen LogP contribution in [0.5, 0.6) is 5.75 Å². The predicted molar refractivity (Wildman–Crippen MR) is 112 cm³/mol. The Labute approximate surface area is 188 Å². The maximum absolute atomic E-state index is 12.2. The fraction of sp³-hybridized carbons (Fsp3) is 0.333. The van der Waals surface area contributed by atoms with E-state index in [-0.39, 0.29) is 28.8 Å². The molecule has 2 amide bonds. The monoisotopic (exact) mass is 470 g/mol. The van der Waals surface area contributed by atoms with E-state index >= 15 is 0 Å². The highest BCUT2D eigenvalue weighted by atomic mass is 35.5. The van der Waals surface area contributed by atoms with E-state index in [9.17, 15) is 22.8 Å². The van der Waals surface area contributed by atoms with Crippen LogP contribution in [0.2, 0.25) is 5.02 Å². The predicted octanol–water partition coefficient (Wildman–Crippen LogP) is 2.82. The second kappa shape index (κ2) is 10.7. The molecule has 0 aromatic heterocycles. The van der Waals surface area contributed by atoms with E-state index in [4.69, 9.17) is 11.6 Å². The Morgan fingerprint density at radius 3 is 2.19 bits per heavy atom. The fourth-order valence-corrected chi connectivity index (χ4v) is 3.46. The van der Waals surface area contributed by atoms with E-state index in [0.717, 1.165) is 5.56 Å². The van der Waals surface area contributed by atoms with Crippen molar-refractivity contribution in [2.75, 3.05) is 32.7 Å². The molecule has 1 heterocycles. The molecule has 1 aliphatic rings. The van der Waals surface area contributed by atoms with Gasteiger partial charge in [-0.2, -0.15) is 0 Å². The molecule has 1 aliphatic heterocycles. The van der Waals surface area contributed by atoms with E-state index in [2.05, 4.69) is 20.5 Å². The summed E-state index contributed by atoms with van der Waals surface area (Å²) in [6.45, 7) is 3.38. The van der Waals surface area contributed by atoms with Gasteiger partial charge in [-0.25, -0.2) is 0 Å². The van der Waals surface area contributed by atoms with Crippen molar-refractivity contribution in [1.82, 2.24) is 20.7 Å². The highest BCUT2D eigenvalue weighted by Crippen LogP contribution is 2.23. The molecular formula is C21H22ClF3N4O3. The summed E-state index contributed by atoms with van der Waals surface area (Å²) in [5, 5.41) is 0.290. The number of hydrazine groups is 1. The largest absolute Gasteiger partial charge is 0.573 e. The molecule has 0 saturated carbocycles. The van der Waals surface area contributed by atoms with Crippen LogP contribution in [-0.2, 0) is 11.3 Å². The number of halogens is 4. The minimum absolute atomic E-state index is 0.125. The molecule has 1 saturated heterocycles. The Morgan fingerprint density at radius 2 is 1.56 bits per heavy atom. The van der Waals surface area contributed by atoms with Gasteiger partial charge < -0.3 is 4.74 Å². The highest BCUT2D eigenvalue weighted by Gasteiger charge is 2.31. The molecule has 3 rings (SSSR count). The first-order valence-corrected chi connectivity index (χ1v) is 10.2. The van der Waals surface area contributed by atoms with Gasteiger partial charge in [0.25, 0.3) is 11.8 Å². The molecule has 32 heavy (non-hydrogen) atoms. The third-order valence-corrected chi connectivity index (χ3v) is 5.16. The quantitative estimate of drug-likeness (QED) is 0.635. The number of alkyl halides is 3. The van der Waals surface area contributed by atoms with Gasteiger partial charge in [-0.3, -0.25) is 30.2 Å². The van der Waals surface area contributed by atoms with Gasteiger partial charge in [-0.15, -0.1) is 13.2 Å². The van der Waals surface area contributed by atoms with Gasteiger partial charge in [0.15, 0.2) is 0 Å². The zero-order chi connectivity index (χ0) is 23.1. The second-order valence-corrected chi connectivity index (χ2v) is 7.63. The average Bonchev–Trinajstić information content (AvgIpc) is 2.74. The number of hydrogen-bond donors (Lipinski definition) is 2. The molecule has 0 radical (unpaired) electrons. The first-order chi connectivity index (χ1) is 15.2. The molecule has 7 nitrogen and oxygen atoms in total. The van der Waals surface area contributed by atoms with Crippen LogP contribution in [0.25, 0.3) is 0 Å². The number of nitrogens with zero attached hydrogens (tertiary/aromatic N) is 2. The second-order valence-electron chi connectivity index (χ2n) is 7.23. The van der Waals surface area contributed by atoms with Gasteiger partial charge in [0.1, 0.15) is 5.75 Å². The number of amides is 2. The van der Waals surface area contributed by atoms with Crippen LogP contribution in [0.15, 0.2) is 48.5 Å². The number of carbonyl (C=O) groups excluding carboxylic acids is 2.